The van der Waals surface area contributed by atoms with Gasteiger partial charge >= 0.3 is 0 Å². The third kappa shape index (κ3) is 3.41. The van der Waals surface area contributed by atoms with Crippen LogP contribution in [0.4, 0.5) is 18.9 Å². The van der Waals surface area contributed by atoms with Crippen molar-refractivity contribution in [3.8, 4) is 5.13 Å². The molecule has 0 aliphatic carbocycles. The fourth-order valence-electron chi connectivity index (χ4n) is 2.68. The van der Waals surface area contributed by atoms with Crippen molar-refractivity contribution in [1.82, 2.24) is 14.5 Å². The molecule has 0 aliphatic rings. The number of halogens is 3. The van der Waals surface area contributed by atoms with Gasteiger partial charge in [0.05, 0.1) is 17.5 Å². The number of hydrogen-bond acceptors (Lipinski definition) is 4. The highest BCUT2D eigenvalue weighted by Gasteiger charge is 2.13. The Morgan fingerprint density at radius 2 is 1.89 bits per heavy atom. The number of rotatable bonds is 4. The summed E-state index contributed by atoms with van der Waals surface area (Å²) in [6.45, 7) is 0. The number of benzene rings is 2. The number of carbonyl (C=O) groups excluding carboxylic acids is 1. The second-order valence-electron chi connectivity index (χ2n) is 5.73. The summed E-state index contributed by atoms with van der Waals surface area (Å²) >= 11 is 1.47. The van der Waals surface area contributed by atoms with Crippen molar-refractivity contribution >= 4 is 34.0 Å². The molecule has 1 amide bonds. The van der Waals surface area contributed by atoms with Crippen LogP contribution >= 0.6 is 11.3 Å². The lowest BCUT2D eigenvalue weighted by atomic mass is 10.1. The summed E-state index contributed by atoms with van der Waals surface area (Å²) in [5, 5.41) is 5.27. The van der Waals surface area contributed by atoms with Crippen LogP contribution in [0.5, 0.6) is 0 Å². The molecule has 27 heavy (non-hydrogen) atoms. The van der Waals surface area contributed by atoms with Crippen LogP contribution in [0.15, 0.2) is 48.2 Å². The van der Waals surface area contributed by atoms with Crippen molar-refractivity contribution < 1.29 is 18.0 Å². The average Bonchev–Trinajstić information content (AvgIpc) is 3.28. The highest BCUT2D eigenvalue weighted by molar-refractivity contribution is 7.12. The van der Waals surface area contributed by atoms with Crippen LogP contribution in [0.3, 0.4) is 0 Å². The Kier molecular flexibility index (Phi) is 4.36. The Labute approximate surface area is 155 Å². The maximum atomic E-state index is 13.2. The van der Waals surface area contributed by atoms with Gasteiger partial charge in [0.2, 0.25) is 5.91 Å². The van der Waals surface area contributed by atoms with Gasteiger partial charge in [-0.1, -0.05) is 0 Å². The Morgan fingerprint density at radius 3 is 2.59 bits per heavy atom. The van der Waals surface area contributed by atoms with Gasteiger partial charge in [-0.25, -0.2) is 23.1 Å². The fourth-order valence-corrected chi connectivity index (χ4v) is 3.30. The Bertz CT molecular complexity index is 1120. The number of hydrogen-bond donors (Lipinski definition) is 1. The quantitative estimate of drug-likeness (QED) is 0.536. The molecular formula is C18H11F3N4OS. The standard InChI is InChI=1S/C18H11F3N4OS/c19-12-5-10(6-13(20)17(12)21)7-16(26)24-11-1-2-15-14(8-11)23-9-25(15)18-22-3-4-27-18/h1-6,8-9H,7H2,(H,24,26). The lowest BCUT2D eigenvalue weighted by Crippen LogP contribution is -2.15. The molecule has 4 rings (SSSR count). The first kappa shape index (κ1) is 17.2. The van der Waals surface area contributed by atoms with E-state index in [2.05, 4.69) is 15.3 Å². The number of anilines is 1. The predicted molar refractivity (Wildman–Crippen MR) is 95.4 cm³/mol. The van der Waals surface area contributed by atoms with Crippen LogP contribution in [-0.2, 0) is 11.2 Å². The highest BCUT2D eigenvalue weighted by atomic mass is 32.1. The summed E-state index contributed by atoms with van der Waals surface area (Å²) in [6.07, 6.45) is 3.04. The highest BCUT2D eigenvalue weighted by Crippen LogP contribution is 2.23. The molecule has 0 spiro atoms. The molecule has 0 unspecified atom stereocenters. The number of imidazole rings is 1. The van der Waals surface area contributed by atoms with E-state index >= 15 is 0 Å². The largest absolute Gasteiger partial charge is 0.326 e. The van der Waals surface area contributed by atoms with E-state index in [1.54, 1.807) is 30.7 Å². The van der Waals surface area contributed by atoms with Crippen LogP contribution in [-0.4, -0.2) is 20.4 Å². The van der Waals surface area contributed by atoms with E-state index in [1.807, 2.05) is 9.95 Å². The van der Waals surface area contributed by atoms with Crippen molar-refractivity contribution in [2.45, 2.75) is 6.42 Å². The lowest BCUT2D eigenvalue weighted by Gasteiger charge is -2.07. The Morgan fingerprint density at radius 1 is 1.11 bits per heavy atom. The van der Waals surface area contributed by atoms with E-state index in [0.717, 1.165) is 22.8 Å². The van der Waals surface area contributed by atoms with Crippen molar-refractivity contribution in [3.63, 3.8) is 0 Å². The summed E-state index contributed by atoms with van der Waals surface area (Å²) in [5.74, 6) is -4.70. The number of nitrogens with zero attached hydrogens (tertiary/aromatic N) is 3. The average molecular weight is 388 g/mol. The van der Waals surface area contributed by atoms with E-state index in [9.17, 15) is 18.0 Å². The SMILES string of the molecule is O=C(Cc1cc(F)c(F)c(F)c1)Nc1ccc2c(c1)ncn2-c1nccs1. The van der Waals surface area contributed by atoms with E-state index in [1.165, 1.54) is 11.3 Å². The molecule has 9 heteroatoms. The van der Waals surface area contributed by atoms with Crippen LogP contribution in [0.25, 0.3) is 16.2 Å². The molecule has 0 aliphatic heterocycles. The van der Waals surface area contributed by atoms with E-state index in [0.29, 0.717) is 11.2 Å². The van der Waals surface area contributed by atoms with Gasteiger partial charge in [0, 0.05) is 17.3 Å². The van der Waals surface area contributed by atoms with Crippen molar-refractivity contribution in [2.75, 3.05) is 5.32 Å². The molecule has 0 fully saturated rings. The number of thiazole rings is 1. The second kappa shape index (κ2) is 6.84. The van der Waals surface area contributed by atoms with Gasteiger partial charge in [0.1, 0.15) is 6.33 Å². The molecule has 0 saturated carbocycles. The molecule has 0 bridgehead atoms. The van der Waals surface area contributed by atoms with Crippen LogP contribution in [0.2, 0.25) is 0 Å². The van der Waals surface area contributed by atoms with Gasteiger partial charge in [-0.2, -0.15) is 0 Å². The molecule has 0 radical (unpaired) electrons. The number of nitrogens with one attached hydrogen (secondary N) is 1. The van der Waals surface area contributed by atoms with Crippen LogP contribution in [0.1, 0.15) is 5.56 Å². The minimum Gasteiger partial charge on any atom is -0.326 e. The summed E-state index contributed by atoms with van der Waals surface area (Å²) in [7, 11) is 0. The van der Waals surface area contributed by atoms with Gasteiger partial charge in [-0.05, 0) is 35.9 Å². The van der Waals surface area contributed by atoms with Gasteiger partial charge in [0.15, 0.2) is 22.6 Å². The molecule has 1 N–H and O–H groups in total. The van der Waals surface area contributed by atoms with Crippen molar-refractivity contribution in [2.24, 2.45) is 0 Å². The van der Waals surface area contributed by atoms with E-state index in [4.69, 9.17) is 0 Å². The third-order valence-electron chi connectivity index (χ3n) is 3.86. The Balaban J connectivity index is 1.52. The first-order valence-corrected chi connectivity index (χ1v) is 8.69. The maximum absolute atomic E-state index is 13.2. The number of fused-ring (bicyclic) bond motifs is 1. The van der Waals surface area contributed by atoms with Crippen LogP contribution in [0, 0.1) is 17.5 Å². The first-order chi connectivity index (χ1) is 13.0. The molecule has 5 nitrogen and oxygen atoms in total. The van der Waals surface area contributed by atoms with E-state index in [-0.39, 0.29) is 12.0 Å². The minimum absolute atomic E-state index is 0.0398. The monoisotopic (exact) mass is 388 g/mol. The number of carbonyl (C=O) groups is 1. The summed E-state index contributed by atoms with van der Waals surface area (Å²) in [4.78, 5) is 20.7. The number of amides is 1. The zero-order valence-electron chi connectivity index (χ0n) is 13.6. The lowest BCUT2D eigenvalue weighted by molar-refractivity contribution is -0.115. The molecule has 4 aromatic rings. The van der Waals surface area contributed by atoms with Crippen LogP contribution < -0.4 is 5.32 Å². The summed E-state index contributed by atoms with van der Waals surface area (Å²) in [5.41, 5.74) is 2.01. The second-order valence-corrected chi connectivity index (χ2v) is 6.60. The molecule has 2 heterocycles. The number of aromatic nitrogens is 3. The smallest absolute Gasteiger partial charge is 0.228 e. The molecule has 136 valence electrons. The predicted octanol–water partition coefficient (Wildman–Crippen LogP) is 4.08. The zero-order chi connectivity index (χ0) is 19.0. The normalized spacial score (nSPS) is 11.1. The third-order valence-corrected chi connectivity index (χ3v) is 4.64. The van der Waals surface area contributed by atoms with Crippen molar-refractivity contribution in [3.05, 3.63) is 71.3 Å². The van der Waals surface area contributed by atoms with Gasteiger partial charge < -0.3 is 5.32 Å². The van der Waals surface area contributed by atoms with Crippen molar-refractivity contribution in [1.29, 1.82) is 0 Å². The summed E-state index contributed by atoms with van der Waals surface area (Å²) < 4.78 is 41.3. The van der Waals surface area contributed by atoms with Gasteiger partial charge in [-0.3, -0.25) is 9.36 Å². The topological polar surface area (TPSA) is 59.8 Å². The van der Waals surface area contributed by atoms with E-state index < -0.39 is 23.4 Å². The molecule has 2 aromatic heterocycles. The summed E-state index contributed by atoms with van der Waals surface area (Å²) in [6, 6.07) is 6.77. The molecule has 0 atom stereocenters. The maximum Gasteiger partial charge on any atom is 0.228 e. The molecule has 0 saturated heterocycles. The molecular weight excluding hydrogens is 377 g/mol. The Hall–Kier alpha value is -3.20. The van der Waals surface area contributed by atoms with Gasteiger partial charge in [0.25, 0.3) is 0 Å². The first-order valence-electron chi connectivity index (χ1n) is 7.81. The zero-order valence-corrected chi connectivity index (χ0v) is 14.4. The molecule has 2 aromatic carbocycles. The minimum atomic E-state index is -1.56. The van der Waals surface area contributed by atoms with Gasteiger partial charge in [-0.15, -0.1) is 11.3 Å². The fraction of sp³-hybridized carbons (Fsp3) is 0.0556.